The van der Waals surface area contributed by atoms with Gasteiger partial charge in [0.1, 0.15) is 6.04 Å². The smallest absolute Gasteiger partial charge is 0.289 e. The standard InChI is InChI=1S/C20H24N6O2/c1-2-17(19-21-22-23-26(19)15-16-7-4-3-5-8-16)24-10-12-25(13-11-24)20(27)18-9-6-14-28-18/h3-9,14,17H,2,10-13,15H2,1H3/p+1/t17-/m0/s1. The van der Waals surface area contributed by atoms with Gasteiger partial charge in [-0.15, -0.1) is 5.10 Å². The fourth-order valence-electron chi connectivity index (χ4n) is 3.89. The lowest BCUT2D eigenvalue weighted by Gasteiger charge is -2.35. The summed E-state index contributed by atoms with van der Waals surface area (Å²) in [5.41, 5.74) is 1.18. The zero-order chi connectivity index (χ0) is 19.3. The summed E-state index contributed by atoms with van der Waals surface area (Å²) in [6.07, 6.45) is 2.48. The van der Waals surface area contributed by atoms with Crippen molar-refractivity contribution in [3.8, 4) is 0 Å². The average Bonchev–Trinajstić information content (AvgIpc) is 3.42. The molecule has 0 spiro atoms. The third kappa shape index (κ3) is 3.82. The van der Waals surface area contributed by atoms with Gasteiger partial charge in [-0.05, 0) is 28.1 Å². The number of furan rings is 1. The van der Waals surface area contributed by atoms with Crippen LogP contribution in [0.15, 0.2) is 53.1 Å². The van der Waals surface area contributed by atoms with Gasteiger partial charge in [-0.2, -0.15) is 0 Å². The fraction of sp³-hybridized carbons (Fsp3) is 0.400. The molecule has 0 saturated carbocycles. The number of nitrogens with one attached hydrogen (secondary N) is 1. The summed E-state index contributed by atoms with van der Waals surface area (Å²) in [4.78, 5) is 15.8. The molecule has 1 N–H and O–H groups in total. The Kier molecular flexibility index (Phi) is 5.48. The number of amides is 1. The van der Waals surface area contributed by atoms with Crippen LogP contribution in [0.4, 0.5) is 0 Å². The molecule has 0 aliphatic carbocycles. The molecule has 1 fully saturated rings. The zero-order valence-corrected chi connectivity index (χ0v) is 16.0. The highest BCUT2D eigenvalue weighted by molar-refractivity contribution is 5.91. The highest BCUT2D eigenvalue weighted by atomic mass is 16.3. The van der Waals surface area contributed by atoms with E-state index < -0.39 is 0 Å². The minimum atomic E-state index is -0.0361. The summed E-state index contributed by atoms with van der Waals surface area (Å²) in [5, 5.41) is 12.5. The molecule has 3 aromatic rings. The SMILES string of the molecule is CC[C@@H](c1nnnn1Cc1ccccc1)[NH+]1CCN(C(=O)c2ccco2)CC1. The lowest BCUT2D eigenvalue weighted by Crippen LogP contribution is -3.15. The van der Waals surface area contributed by atoms with E-state index in [2.05, 4.69) is 34.6 Å². The van der Waals surface area contributed by atoms with E-state index in [1.165, 1.54) is 16.7 Å². The number of piperazine rings is 1. The largest absolute Gasteiger partial charge is 0.459 e. The first-order chi connectivity index (χ1) is 13.8. The van der Waals surface area contributed by atoms with E-state index in [0.29, 0.717) is 25.4 Å². The number of hydrogen-bond donors (Lipinski definition) is 1. The van der Waals surface area contributed by atoms with Gasteiger partial charge >= 0.3 is 0 Å². The van der Waals surface area contributed by atoms with Gasteiger partial charge in [0.25, 0.3) is 5.91 Å². The van der Waals surface area contributed by atoms with E-state index in [9.17, 15) is 4.79 Å². The van der Waals surface area contributed by atoms with Gasteiger partial charge in [0.05, 0.1) is 39.0 Å². The van der Waals surface area contributed by atoms with Gasteiger partial charge in [-0.3, -0.25) is 4.79 Å². The number of quaternary nitrogens is 1. The van der Waals surface area contributed by atoms with E-state index in [-0.39, 0.29) is 11.9 Å². The molecule has 1 aliphatic heterocycles. The monoisotopic (exact) mass is 381 g/mol. The van der Waals surface area contributed by atoms with Crippen LogP contribution in [0.5, 0.6) is 0 Å². The number of tetrazole rings is 1. The second kappa shape index (κ2) is 8.35. The lowest BCUT2D eigenvalue weighted by molar-refractivity contribution is -0.936. The van der Waals surface area contributed by atoms with Crippen LogP contribution in [-0.2, 0) is 6.54 Å². The first-order valence-electron chi connectivity index (χ1n) is 9.73. The average molecular weight is 381 g/mol. The van der Waals surface area contributed by atoms with Crippen LogP contribution in [0, 0.1) is 0 Å². The molecular formula is C20H25N6O2+. The van der Waals surface area contributed by atoms with Crippen LogP contribution in [0.3, 0.4) is 0 Å². The molecule has 4 rings (SSSR count). The van der Waals surface area contributed by atoms with Crippen molar-refractivity contribution >= 4 is 5.91 Å². The Morgan fingerprint density at radius 2 is 1.96 bits per heavy atom. The first-order valence-corrected chi connectivity index (χ1v) is 9.73. The molecule has 3 heterocycles. The maximum atomic E-state index is 12.5. The number of nitrogens with zero attached hydrogens (tertiary/aromatic N) is 5. The van der Waals surface area contributed by atoms with Gasteiger partial charge in [-0.25, -0.2) is 4.68 Å². The van der Waals surface area contributed by atoms with Crippen LogP contribution >= 0.6 is 0 Å². The number of carbonyl (C=O) groups excluding carboxylic acids is 1. The minimum Gasteiger partial charge on any atom is -0.459 e. The normalized spacial score (nSPS) is 16.2. The molecule has 2 aromatic heterocycles. The number of aromatic nitrogens is 4. The molecule has 8 heteroatoms. The lowest BCUT2D eigenvalue weighted by atomic mass is 10.1. The highest BCUT2D eigenvalue weighted by Crippen LogP contribution is 2.13. The van der Waals surface area contributed by atoms with Crippen molar-refractivity contribution in [2.75, 3.05) is 26.2 Å². The van der Waals surface area contributed by atoms with E-state index in [4.69, 9.17) is 4.42 Å². The van der Waals surface area contributed by atoms with Crippen LogP contribution in [-0.4, -0.2) is 57.2 Å². The minimum absolute atomic E-state index is 0.0361. The molecule has 1 atom stereocenters. The predicted octanol–water partition coefficient (Wildman–Crippen LogP) is 0.806. The molecule has 1 saturated heterocycles. The molecule has 1 amide bonds. The van der Waals surface area contributed by atoms with E-state index in [0.717, 1.165) is 25.3 Å². The molecule has 0 radical (unpaired) electrons. The Hall–Kier alpha value is -3.00. The van der Waals surface area contributed by atoms with Crippen LogP contribution in [0.1, 0.15) is 41.3 Å². The van der Waals surface area contributed by atoms with E-state index in [1.807, 2.05) is 27.8 Å². The predicted molar refractivity (Wildman–Crippen MR) is 102 cm³/mol. The summed E-state index contributed by atoms with van der Waals surface area (Å²) in [6.45, 7) is 5.96. The van der Waals surface area contributed by atoms with Gasteiger partial charge in [0, 0.05) is 6.42 Å². The zero-order valence-electron chi connectivity index (χ0n) is 16.0. The maximum absolute atomic E-state index is 12.5. The van der Waals surface area contributed by atoms with Crippen LogP contribution in [0.2, 0.25) is 0 Å². The molecule has 8 nitrogen and oxygen atoms in total. The third-order valence-corrected chi connectivity index (χ3v) is 5.37. The van der Waals surface area contributed by atoms with Crippen molar-refractivity contribution in [1.82, 2.24) is 25.1 Å². The van der Waals surface area contributed by atoms with E-state index in [1.54, 1.807) is 12.1 Å². The van der Waals surface area contributed by atoms with Crippen molar-refractivity contribution in [2.45, 2.75) is 25.9 Å². The van der Waals surface area contributed by atoms with Crippen molar-refractivity contribution in [3.05, 3.63) is 65.9 Å². The Balaban J connectivity index is 1.43. The third-order valence-electron chi connectivity index (χ3n) is 5.37. The molecule has 0 unspecified atom stereocenters. The summed E-state index contributed by atoms with van der Waals surface area (Å²) in [7, 11) is 0. The second-order valence-corrected chi connectivity index (χ2v) is 7.07. The summed E-state index contributed by atoms with van der Waals surface area (Å²) >= 11 is 0. The molecule has 1 aromatic carbocycles. The summed E-state index contributed by atoms with van der Waals surface area (Å²) in [6, 6.07) is 13.9. The molecule has 0 bridgehead atoms. The van der Waals surface area contributed by atoms with Gasteiger partial charge in [0.2, 0.25) is 5.82 Å². The highest BCUT2D eigenvalue weighted by Gasteiger charge is 2.33. The van der Waals surface area contributed by atoms with Crippen molar-refractivity contribution in [2.24, 2.45) is 0 Å². The first kappa shape index (κ1) is 18.4. The number of hydrogen-bond acceptors (Lipinski definition) is 5. The number of carbonyl (C=O) groups is 1. The van der Waals surface area contributed by atoms with Gasteiger partial charge < -0.3 is 14.2 Å². The van der Waals surface area contributed by atoms with Crippen molar-refractivity contribution < 1.29 is 14.1 Å². The number of rotatable bonds is 6. The maximum Gasteiger partial charge on any atom is 0.289 e. The van der Waals surface area contributed by atoms with Crippen LogP contribution in [0.25, 0.3) is 0 Å². The fourth-order valence-corrected chi connectivity index (χ4v) is 3.89. The number of benzene rings is 1. The Morgan fingerprint density at radius 1 is 1.18 bits per heavy atom. The molecular weight excluding hydrogens is 356 g/mol. The topological polar surface area (TPSA) is 81.5 Å². The Bertz CT molecular complexity index is 885. The van der Waals surface area contributed by atoms with Crippen molar-refractivity contribution in [1.29, 1.82) is 0 Å². The van der Waals surface area contributed by atoms with Gasteiger partial charge in [0.15, 0.2) is 5.76 Å². The summed E-state index contributed by atoms with van der Waals surface area (Å²) in [5.74, 6) is 1.28. The molecule has 28 heavy (non-hydrogen) atoms. The molecule has 1 aliphatic rings. The quantitative estimate of drug-likeness (QED) is 0.683. The Labute approximate surface area is 163 Å². The second-order valence-electron chi connectivity index (χ2n) is 7.07. The van der Waals surface area contributed by atoms with Crippen molar-refractivity contribution in [3.63, 3.8) is 0 Å². The Morgan fingerprint density at radius 3 is 2.64 bits per heavy atom. The van der Waals surface area contributed by atoms with E-state index >= 15 is 0 Å². The summed E-state index contributed by atoms with van der Waals surface area (Å²) < 4.78 is 7.15. The van der Waals surface area contributed by atoms with Crippen LogP contribution < -0.4 is 4.90 Å². The van der Waals surface area contributed by atoms with Gasteiger partial charge in [-0.1, -0.05) is 37.3 Å². The molecule has 146 valence electrons.